The molecular weight excluding hydrogens is 307 g/mol. The zero-order valence-electron chi connectivity index (χ0n) is 12.6. The molecule has 1 atom stereocenters. The first-order valence-corrected chi connectivity index (χ1v) is 8.95. The normalized spacial score (nSPS) is 18.5. The van der Waals surface area contributed by atoms with Gasteiger partial charge in [0.15, 0.2) is 0 Å². The summed E-state index contributed by atoms with van der Waals surface area (Å²) in [5, 5.41) is 0.597. The largest absolute Gasteiger partial charge is 0.463 e. The molecule has 1 heterocycles. The van der Waals surface area contributed by atoms with Crippen molar-refractivity contribution >= 4 is 12.9 Å². The molecule has 0 fully saturated rings. The number of benzene rings is 3. The molecule has 0 spiro atoms. The van der Waals surface area contributed by atoms with Crippen molar-refractivity contribution in [2.75, 3.05) is 0 Å². The molecule has 0 saturated carbocycles. The van der Waals surface area contributed by atoms with Crippen LogP contribution in [-0.2, 0) is 4.57 Å². The van der Waals surface area contributed by atoms with Gasteiger partial charge in [0.05, 0.1) is 5.30 Å². The molecule has 0 aliphatic carbocycles. The molecule has 0 radical (unpaired) electrons. The lowest BCUT2D eigenvalue weighted by Crippen LogP contribution is -2.21. The molecule has 3 aromatic rings. The number of aryl methyl sites for hydroxylation is 1. The summed E-state index contributed by atoms with van der Waals surface area (Å²) in [5.74, 6) is 1.13. The van der Waals surface area contributed by atoms with Crippen molar-refractivity contribution in [2.45, 2.75) is 6.92 Å². The minimum absolute atomic E-state index is 0.544. The monoisotopic (exact) mass is 322 g/mol. The molecule has 1 aliphatic rings. The van der Waals surface area contributed by atoms with E-state index in [1.165, 1.54) is 0 Å². The standard InChI is InChI=1S/C19H15O3P/c1-14-7-6-8-15(13-14)21-23(20)19-12-5-3-10-17(19)16-9-2-4-11-18(16)22-23/h2-13H,1H3. The molecule has 23 heavy (non-hydrogen) atoms. The van der Waals surface area contributed by atoms with Crippen LogP contribution in [0.25, 0.3) is 11.1 Å². The van der Waals surface area contributed by atoms with Gasteiger partial charge in [0.1, 0.15) is 11.5 Å². The van der Waals surface area contributed by atoms with Crippen molar-refractivity contribution in [1.82, 2.24) is 0 Å². The lowest BCUT2D eigenvalue weighted by molar-refractivity contribution is 0.398. The Morgan fingerprint density at radius 1 is 0.870 bits per heavy atom. The van der Waals surface area contributed by atoms with E-state index in [1.54, 1.807) is 6.07 Å². The minimum Gasteiger partial charge on any atom is -0.413 e. The quantitative estimate of drug-likeness (QED) is 0.626. The van der Waals surface area contributed by atoms with E-state index in [4.69, 9.17) is 9.05 Å². The molecule has 114 valence electrons. The summed E-state index contributed by atoms with van der Waals surface area (Å²) >= 11 is 0. The Morgan fingerprint density at radius 3 is 2.43 bits per heavy atom. The number of hydrogen-bond acceptors (Lipinski definition) is 3. The zero-order valence-corrected chi connectivity index (χ0v) is 13.5. The van der Waals surface area contributed by atoms with Crippen LogP contribution in [0.3, 0.4) is 0 Å². The third-order valence-electron chi connectivity index (χ3n) is 3.81. The van der Waals surface area contributed by atoms with Crippen LogP contribution in [0.4, 0.5) is 0 Å². The minimum atomic E-state index is -3.48. The first-order valence-electron chi connectivity index (χ1n) is 7.41. The Morgan fingerprint density at radius 2 is 1.61 bits per heavy atom. The van der Waals surface area contributed by atoms with Crippen molar-refractivity contribution in [3.8, 4) is 22.6 Å². The number of para-hydroxylation sites is 1. The maximum Gasteiger partial charge on any atom is 0.463 e. The second-order valence-corrected chi connectivity index (χ2v) is 7.35. The van der Waals surface area contributed by atoms with Gasteiger partial charge < -0.3 is 9.05 Å². The van der Waals surface area contributed by atoms with Gasteiger partial charge >= 0.3 is 7.60 Å². The molecular formula is C19H15O3P. The maximum absolute atomic E-state index is 13.5. The van der Waals surface area contributed by atoms with Crippen molar-refractivity contribution < 1.29 is 13.6 Å². The highest BCUT2D eigenvalue weighted by molar-refractivity contribution is 7.63. The Bertz CT molecular complexity index is 933. The topological polar surface area (TPSA) is 35.5 Å². The van der Waals surface area contributed by atoms with E-state index >= 15 is 0 Å². The van der Waals surface area contributed by atoms with Gasteiger partial charge in [-0.05, 0) is 36.8 Å². The Kier molecular flexibility index (Phi) is 3.24. The summed E-state index contributed by atoms with van der Waals surface area (Å²) in [6.07, 6.45) is 0. The van der Waals surface area contributed by atoms with E-state index in [0.717, 1.165) is 16.7 Å². The highest BCUT2D eigenvalue weighted by atomic mass is 31.2. The molecule has 1 aliphatic heterocycles. The number of hydrogen-bond donors (Lipinski definition) is 0. The summed E-state index contributed by atoms with van der Waals surface area (Å²) in [6.45, 7) is 1.97. The SMILES string of the molecule is Cc1cccc(OP2(=O)Oc3ccccc3-c3ccccc32)c1. The van der Waals surface area contributed by atoms with Crippen molar-refractivity contribution in [1.29, 1.82) is 0 Å². The third-order valence-corrected chi connectivity index (χ3v) is 5.68. The van der Waals surface area contributed by atoms with E-state index in [9.17, 15) is 4.57 Å². The molecule has 3 aromatic carbocycles. The zero-order chi connectivity index (χ0) is 15.9. The fourth-order valence-electron chi connectivity index (χ4n) is 2.77. The van der Waals surface area contributed by atoms with Gasteiger partial charge in [-0.2, -0.15) is 0 Å². The van der Waals surface area contributed by atoms with Crippen molar-refractivity contribution in [3.05, 3.63) is 78.4 Å². The van der Waals surface area contributed by atoms with E-state index in [1.807, 2.05) is 73.7 Å². The van der Waals surface area contributed by atoms with Crippen LogP contribution >= 0.6 is 7.60 Å². The van der Waals surface area contributed by atoms with Crippen LogP contribution < -0.4 is 14.4 Å². The fraction of sp³-hybridized carbons (Fsp3) is 0.0526. The first-order chi connectivity index (χ1) is 11.2. The Balaban J connectivity index is 1.85. The molecule has 4 heteroatoms. The molecule has 0 amide bonds. The first kappa shape index (κ1) is 14.1. The van der Waals surface area contributed by atoms with Crippen molar-refractivity contribution in [2.24, 2.45) is 0 Å². The van der Waals surface area contributed by atoms with Crippen LogP contribution in [0.2, 0.25) is 0 Å². The van der Waals surface area contributed by atoms with Crippen LogP contribution in [0.1, 0.15) is 5.56 Å². The van der Waals surface area contributed by atoms with Crippen LogP contribution in [-0.4, -0.2) is 0 Å². The third kappa shape index (κ3) is 2.43. The summed E-state index contributed by atoms with van der Waals surface area (Å²) < 4.78 is 25.1. The van der Waals surface area contributed by atoms with E-state index in [-0.39, 0.29) is 0 Å². The predicted molar refractivity (Wildman–Crippen MR) is 91.6 cm³/mol. The second kappa shape index (κ2) is 5.29. The number of fused-ring (bicyclic) bond motifs is 3. The molecule has 0 bridgehead atoms. The van der Waals surface area contributed by atoms with E-state index < -0.39 is 7.60 Å². The molecule has 0 N–H and O–H groups in total. The summed E-state index contributed by atoms with van der Waals surface area (Å²) in [7, 11) is -3.48. The number of rotatable bonds is 2. The van der Waals surface area contributed by atoms with Gasteiger partial charge in [0.25, 0.3) is 0 Å². The van der Waals surface area contributed by atoms with Crippen molar-refractivity contribution in [3.63, 3.8) is 0 Å². The van der Waals surface area contributed by atoms with Gasteiger partial charge in [-0.1, -0.05) is 48.5 Å². The summed E-state index contributed by atoms with van der Waals surface area (Å²) in [6, 6.07) is 22.6. The van der Waals surface area contributed by atoms with Crippen LogP contribution in [0, 0.1) is 6.92 Å². The van der Waals surface area contributed by atoms with Gasteiger partial charge in [-0.25, -0.2) is 4.57 Å². The molecule has 1 unspecified atom stereocenters. The van der Waals surface area contributed by atoms with E-state index in [2.05, 4.69) is 0 Å². The Hall–Kier alpha value is -2.51. The van der Waals surface area contributed by atoms with Crippen LogP contribution in [0.5, 0.6) is 11.5 Å². The van der Waals surface area contributed by atoms with Crippen LogP contribution in [0.15, 0.2) is 72.8 Å². The van der Waals surface area contributed by atoms with E-state index in [0.29, 0.717) is 16.8 Å². The lowest BCUT2D eigenvalue weighted by Gasteiger charge is -2.27. The average molecular weight is 322 g/mol. The van der Waals surface area contributed by atoms with Gasteiger partial charge in [-0.3, -0.25) is 0 Å². The molecule has 4 rings (SSSR count). The van der Waals surface area contributed by atoms with Gasteiger partial charge in [0, 0.05) is 11.1 Å². The fourth-order valence-corrected chi connectivity index (χ4v) is 4.57. The van der Waals surface area contributed by atoms with Gasteiger partial charge in [-0.15, -0.1) is 0 Å². The lowest BCUT2D eigenvalue weighted by atomic mass is 10.0. The summed E-state index contributed by atoms with van der Waals surface area (Å²) in [5.41, 5.74) is 2.87. The maximum atomic E-state index is 13.5. The van der Waals surface area contributed by atoms with Gasteiger partial charge in [0.2, 0.25) is 0 Å². The molecule has 0 aromatic heterocycles. The summed E-state index contributed by atoms with van der Waals surface area (Å²) in [4.78, 5) is 0. The smallest absolute Gasteiger partial charge is 0.413 e. The highest BCUT2D eigenvalue weighted by Crippen LogP contribution is 2.55. The predicted octanol–water partition coefficient (Wildman–Crippen LogP) is 4.95. The average Bonchev–Trinajstić information content (AvgIpc) is 2.55. The Labute approximate surface area is 135 Å². The molecule has 3 nitrogen and oxygen atoms in total. The molecule has 0 saturated heterocycles. The highest BCUT2D eigenvalue weighted by Gasteiger charge is 2.38. The second-order valence-electron chi connectivity index (χ2n) is 5.51.